The maximum absolute atomic E-state index is 4.39. The maximum Gasteiger partial charge on any atom is 0.0958 e. The molecule has 0 saturated carbocycles. The smallest absolute Gasteiger partial charge is 0.0958 e. The van der Waals surface area contributed by atoms with Crippen LogP contribution >= 0.6 is 0 Å². The molecule has 1 aliphatic heterocycles. The van der Waals surface area contributed by atoms with Crippen molar-refractivity contribution < 1.29 is 0 Å². The topological polar surface area (TPSA) is 29.9 Å². The van der Waals surface area contributed by atoms with Crippen LogP contribution in [0, 0.1) is 5.92 Å². The van der Waals surface area contributed by atoms with E-state index in [-0.39, 0.29) is 0 Å². The van der Waals surface area contributed by atoms with Gasteiger partial charge in [0.1, 0.15) is 0 Å². The van der Waals surface area contributed by atoms with Crippen LogP contribution in [0.25, 0.3) is 11.0 Å². The zero-order valence-electron chi connectivity index (χ0n) is 8.69. The summed E-state index contributed by atoms with van der Waals surface area (Å²) in [5.41, 5.74) is 2.36. The van der Waals surface area contributed by atoms with E-state index in [0.29, 0.717) is 0 Å². The molecule has 3 heteroatoms. The Kier molecular flexibility index (Phi) is 2.18. The minimum absolute atomic E-state index is 0.867. The Hall–Kier alpha value is -1.35. The SMILES string of the molecule is c1ccc2c(c1)ncn2CCC1CNC1. The molecule has 1 saturated heterocycles. The molecule has 1 aromatic heterocycles. The minimum Gasteiger partial charge on any atom is -0.331 e. The van der Waals surface area contributed by atoms with Crippen LogP contribution in [-0.2, 0) is 6.54 Å². The molecule has 1 N–H and O–H groups in total. The summed E-state index contributed by atoms with van der Waals surface area (Å²) in [5, 5.41) is 3.30. The minimum atomic E-state index is 0.867. The molecule has 0 unspecified atom stereocenters. The number of hydrogen-bond donors (Lipinski definition) is 1. The molecule has 15 heavy (non-hydrogen) atoms. The molecule has 2 heterocycles. The first-order chi connectivity index (χ1) is 7.43. The largest absolute Gasteiger partial charge is 0.331 e. The Morgan fingerprint density at radius 2 is 2.20 bits per heavy atom. The van der Waals surface area contributed by atoms with Gasteiger partial charge < -0.3 is 9.88 Å². The number of para-hydroxylation sites is 2. The molecule has 0 atom stereocenters. The highest BCUT2D eigenvalue weighted by molar-refractivity contribution is 5.74. The van der Waals surface area contributed by atoms with Gasteiger partial charge in [0.15, 0.2) is 0 Å². The molecule has 0 bridgehead atoms. The zero-order valence-corrected chi connectivity index (χ0v) is 8.69. The van der Waals surface area contributed by atoms with Crippen molar-refractivity contribution in [2.75, 3.05) is 13.1 Å². The lowest BCUT2D eigenvalue weighted by molar-refractivity contribution is 0.313. The highest BCUT2D eigenvalue weighted by atomic mass is 15.0. The third-order valence-electron chi connectivity index (χ3n) is 3.17. The summed E-state index contributed by atoms with van der Waals surface area (Å²) >= 11 is 0. The molecule has 78 valence electrons. The number of fused-ring (bicyclic) bond motifs is 1. The van der Waals surface area contributed by atoms with Gasteiger partial charge in [-0.3, -0.25) is 0 Å². The number of aromatic nitrogens is 2. The molecule has 0 amide bonds. The molecule has 0 radical (unpaired) electrons. The first-order valence-electron chi connectivity index (χ1n) is 5.54. The average Bonchev–Trinajstić information content (AvgIpc) is 2.60. The van der Waals surface area contributed by atoms with E-state index < -0.39 is 0 Å². The highest BCUT2D eigenvalue weighted by Gasteiger charge is 2.16. The van der Waals surface area contributed by atoms with E-state index in [0.717, 1.165) is 18.0 Å². The predicted octanol–water partition coefficient (Wildman–Crippen LogP) is 1.65. The number of imidazole rings is 1. The van der Waals surface area contributed by atoms with E-state index in [4.69, 9.17) is 0 Å². The summed E-state index contributed by atoms with van der Waals surface area (Å²) in [5.74, 6) is 0.867. The normalized spacial score (nSPS) is 16.8. The second-order valence-electron chi connectivity index (χ2n) is 4.24. The number of hydrogen-bond acceptors (Lipinski definition) is 2. The zero-order chi connectivity index (χ0) is 10.1. The average molecular weight is 201 g/mol. The van der Waals surface area contributed by atoms with E-state index in [2.05, 4.69) is 33.1 Å². The van der Waals surface area contributed by atoms with E-state index >= 15 is 0 Å². The van der Waals surface area contributed by atoms with Crippen molar-refractivity contribution >= 4 is 11.0 Å². The lowest BCUT2D eigenvalue weighted by Gasteiger charge is -2.27. The van der Waals surface area contributed by atoms with Gasteiger partial charge in [-0.25, -0.2) is 4.98 Å². The van der Waals surface area contributed by atoms with E-state index in [1.54, 1.807) is 0 Å². The number of nitrogens with zero attached hydrogens (tertiary/aromatic N) is 2. The van der Waals surface area contributed by atoms with Crippen LogP contribution in [0.4, 0.5) is 0 Å². The second kappa shape index (κ2) is 3.66. The second-order valence-corrected chi connectivity index (χ2v) is 4.24. The van der Waals surface area contributed by atoms with Crippen LogP contribution < -0.4 is 5.32 Å². The summed E-state index contributed by atoms with van der Waals surface area (Å²) < 4.78 is 2.26. The molecular formula is C12H15N3. The van der Waals surface area contributed by atoms with Gasteiger partial charge in [0.25, 0.3) is 0 Å². The molecule has 0 spiro atoms. The summed E-state index contributed by atoms with van der Waals surface area (Å²) in [6.07, 6.45) is 3.21. The van der Waals surface area contributed by atoms with Crippen LogP contribution in [0.3, 0.4) is 0 Å². The molecule has 2 aromatic rings. The van der Waals surface area contributed by atoms with Crippen molar-refractivity contribution in [1.82, 2.24) is 14.9 Å². The van der Waals surface area contributed by atoms with Gasteiger partial charge in [-0.05, 0) is 37.6 Å². The number of nitrogens with one attached hydrogen (secondary N) is 1. The van der Waals surface area contributed by atoms with Gasteiger partial charge in [0.2, 0.25) is 0 Å². The fraction of sp³-hybridized carbons (Fsp3) is 0.417. The first-order valence-corrected chi connectivity index (χ1v) is 5.54. The fourth-order valence-corrected chi connectivity index (χ4v) is 2.06. The number of rotatable bonds is 3. The Morgan fingerprint density at radius 1 is 1.33 bits per heavy atom. The van der Waals surface area contributed by atoms with Gasteiger partial charge >= 0.3 is 0 Å². The maximum atomic E-state index is 4.39. The molecule has 1 fully saturated rings. The summed E-state index contributed by atoms with van der Waals surface area (Å²) in [7, 11) is 0. The number of aryl methyl sites for hydroxylation is 1. The third kappa shape index (κ3) is 1.63. The molecule has 1 aromatic carbocycles. The van der Waals surface area contributed by atoms with Gasteiger partial charge in [-0.15, -0.1) is 0 Å². The van der Waals surface area contributed by atoms with Crippen molar-refractivity contribution in [3.63, 3.8) is 0 Å². The van der Waals surface area contributed by atoms with Crippen molar-refractivity contribution in [3.05, 3.63) is 30.6 Å². The lowest BCUT2D eigenvalue weighted by Crippen LogP contribution is -2.42. The molecule has 0 aliphatic carbocycles. The molecule has 3 rings (SSSR count). The predicted molar refractivity (Wildman–Crippen MR) is 60.7 cm³/mol. The van der Waals surface area contributed by atoms with Gasteiger partial charge in [-0.2, -0.15) is 0 Å². The van der Waals surface area contributed by atoms with Crippen LogP contribution in [0.5, 0.6) is 0 Å². The fourth-order valence-electron chi connectivity index (χ4n) is 2.06. The van der Waals surface area contributed by atoms with Crippen molar-refractivity contribution in [3.8, 4) is 0 Å². The monoisotopic (exact) mass is 201 g/mol. The van der Waals surface area contributed by atoms with Crippen LogP contribution in [-0.4, -0.2) is 22.6 Å². The Bertz CT molecular complexity index is 457. The van der Waals surface area contributed by atoms with Crippen LogP contribution in [0.1, 0.15) is 6.42 Å². The first kappa shape index (κ1) is 8.92. The number of benzene rings is 1. The van der Waals surface area contributed by atoms with Gasteiger partial charge in [-0.1, -0.05) is 12.1 Å². The summed E-state index contributed by atoms with van der Waals surface area (Å²) in [6, 6.07) is 8.32. The Morgan fingerprint density at radius 3 is 3.00 bits per heavy atom. The van der Waals surface area contributed by atoms with Gasteiger partial charge in [0, 0.05) is 6.54 Å². The van der Waals surface area contributed by atoms with E-state index in [1.165, 1.54) is 25.0 Å². The molecular weight excluding hydrogens is 186 g/mol. The lowest BCUT2D eigenvalue weighted by atomic mass is 9.99. The Balaban J connectivity index is 1.78. The van der Waals surface area contributed by atoms with Gasteiger partial charge in [0.05, 0.1) is 17.4 Å². The highest BCUT2D eigenvalue weighted by Crippen LogP contribution is 2.15. The van der Waals surface area contributed by atoms with Crippen molar-refractivity contribution in [2.24, 2.45) is 5.92 Å². The van der Waals surface area contributed by atoms with E-state index in [9.17, 15) is 0 Å². The van der Waals surface area contributed by atoms with Crippen LogP contribution in [0.15, 0.2) is 30.6 Å². The van der Waals surface area contributed by atoms with E-state index in [1.807, 2.05) is 12.4 Å². The summed E-state index contributed by atoms with van der Waals surface area (Å²) in [4.78, 5) is 4.39. The van der Waals surface area contributed by atoms with Crippen LogP contribution in [0.2, 0.25) is 0 Å². The Labute approximate surface area is 89.1 Å². The van der Waals surface area contributed by atoms with Crippen molar-refractivity contribution in [1.29, 1.82) is 0 Å². The summed E-state index contributed by atoms with van der Waals surface area (Å²) in [6.45, 7) is 3.46. The molecule has 1 aliphatic rings. The standard InChI is InChI=1S/C12H15N3/c1-2-4-12-11(3-1)14-9-15(12)6-5-10-7-13-8-10/h1-4,9-10,13H,5-8H2. The van der Waals surface area contributed by atoms with Crippen molar-refractivity contribution in [2.45, 2.75) is 13.0 Å². The quantitative estimate of drug-likeness (QED) is 0.818. The molecule has 3 nitrogen and oxygen atoms in total. The third-order valence-corrected chi connectivity index (χ3v) is 3.17.